The molecular weight excluding hydrogens is 276 g/mol. The van der Waals surface area contributed by atoms with E-state index in [-0.39, 0.29) is 29.4 Å². The standard InChI is InChI=1S/C14H18N2O5/c1-4-12(17)9(3)15-14(18)10-7-6-8-11(16(19)20)13(10)21-5-2/h6-9H,4-5H2,1-3H3,(H,15,18). The van der Waals surface area contributed by atoms with Crippen molar-refractivity contribution < 1.29 is 19.2 Å². The molecule has 0 bridgehead atoms. The molecule has 1 atom stereocenters. The Morgan fingerprint density at radius 1 is 1.38 bits per heavy atom. The number of para-hydroxylation sites is 1. The van der Waals surface area contributed by atoms with Crippen molar-refractivity contribution in [2.45, 2.75) is 33.2 Å². The molecule has 0 aromatic heterocycles. The zero-order chi connectivity index (χ0) is 16.0. The highest BCUT2D eigenvalue weighted by Gasteiger charge is 2.24. The summed E-state index contributed by atoms with van der Waals surface area (Å²) in [5.74, 6) is -0.776. The number of ether oxygens (including phenoxy) is 1. The van der Waals surface area contributed by atoms with Gasteiger partial charge < -0.3 is 10.1 Å². The number of rotatable bonds is 7. The van der Waals surface area contributed by atoms with Gasteiger partial charge in [-0.3, -0.25) is 19.7 Å². The van der Waals surface area contributed by atoms with Crippen molar-refractivity contribution in [3.8, 4) is 5.75 Å². The second-order valence-electron chi connectivity index (χ2n) is 4.36. The van der Waals surface area contributed by atoms with Gasteiger partial charge in [-0.2, -0.15) is 0 Å². The molecule has 114 valence electrons. The van der Waals surface area contributed by atoms with Crippen LogP contribution in [0.4, 0.5) is 5.69 Å². The number of carbonyl (C=O) groups excluding carboxylic acids is 2. The molecule has 0 aliphatic carbocycles. The number of ketones is 1. The first-order valence-electron chi connectivity index (χ1n) is 6.66. The number of benzene rings is 1. The summed E-state index contributed by atoms with van der Waals surface area (Å²) in [5.41, 5.74) is -0.235. The minimum Gasteiger partial charge on any atom is -0.487 e. The summed E-state index contributed by atoms with van der Waals surface area (Å²) in [5, 5.41) is 13.5. The lowest BCUT2D eigenvalue weighted by atomic mass is 10.1. The van der Waals surface area contributed by atoms with Crippen molar-refractivity contribution in [3.05, 3.63) is 33.9 Å². The second-order valence-corrected chi connectivity index (χ2v) is 4.36. The van der Waals surface area contributed by atoms with Crippen molar-refractivity contribution in [2.75, 3.05) is 6.61 Å². The summed E-state index contributed by atoms with van der Waals surface area (Å²) >= 11 is 0. The van der Waals surface area contributed by atoms with E-state index in [1.165, 1.54) is 18.2 Å². The average Bonchev–Trinajstić information content (AvgIpc) is 2.46. The van der Waals surface area contributed by atoms with Crippen molar-refractivity contribution in [1.29, 1.82) is 0 Å². The molecule has 7 heteroatoms. The van der Waals surface area contributed by atoms with Crippen molar-refractivity contribution in [3.63, 3.8) is 0 Å². The van der Waals surface area contributed by atoms with E-state index in [1.807, 2.05) is 0 Å². The maximum atomic E-state index is 12.2. The van der Waals surface area contributed by atoms with Gasteiger partial charge in [0.15, 0.2) is 5.78 Å². The van der Waals surface area contributed by atoms with Crippen LogP contribution in [0, 0.1) is 10.1 Å². The molecule has 0 aliphatic heterocycles. The summed E-state index contributed by atoms with van der Waals surface area (Å²) in [7, 11) is 0. The first-order valence-corrected chi connectivity index (χ1v) is 6.66. The minimum atomic E-state index is -0.656. The Morgan fingerprint density at radius 3 is 2.57 bits per heavy atom. The van der Waals surface area contributed by atoms with Gasteiger partial charge in [-0.1, -0.05) is 13.0 Å². The summed E-state index contributed by atoms with van der Waals surface area (Å²) in [4.78, 5) is 34.1. The molecule has 1 N–H and O–H groups in total. The van der Waals surface area contributed by atoms with Gasteiger partial charge >= 0.3 is 5.69 Å². The molecular formula is C14H18N2O5. The van der Waals surface area contributed by atoms with Crippen molar-refractivity contribution in [2.24, 2.45) is 0 Å². The number of Topliss-reactive ketones (excluding diaryl/α,β-unsaturated/α-hetero) is 1. The quantitative estimate of drug-likeness (QED) is 0.613. The number of amides is 1. The van der Waals surface area contributed by atoms with Crippen LogP contribution in [-0.2, 0) is 4.79 Å². The number of hydrogen-bond acceptors (Lipinski definition) is 5. The third-order valence-corrected chi connectivity index (χ3v) is 2.90. The van der Waals surface area contributed by atoms with E-state index >= 15 is 0 Å². The van der Waals surface area contributed by atoms with Gasteiger partial charge in [0.2, 0.25) is 5.75 Å². The number of hydrogen-bond donors (Lipinski definition) is 1. The number of nitrogens with one attached hydrogen (secondary N) is 1. The van der Waals surface area contributed by atoms with E-state index < -0.39 is 16.9 Å². The molecule has 1 amide bonds. The van der Waals surface area contributed by atoms with Gasteiger partial charge in [-0.15, -0.1) is 0 Å². The molecule has 0 saturated carbocycles. The molecule has 0 heterocycles. The SMILES string of the molecule is CCOc1c(C(=O)NC(C)C(=O)CC)cccc1[N+](=O)[O-]. The number of nitrogens with zero attached hydrogens (tertiary/aromatic N) is 1. The molecule has 1 aromatic carbocycles. The Kier molecular flexibility index (Phi) is 5.83. The van der Waals surface area contributed by atoms with Crippen LogP contribution in [-0.4, -0.2) is 29.3 Å². The van der Waals surface area contributed by atoms with Gasteiger partial charge in [0.05, 0.1) is 23.1 Å². The molecule has 0 fully saturated rings. The second kappa shape index (κ2) is 7.37. The first kappa shape index (κ1) is 16.6. The van der Waals surface area contributed by atoms with E-state index in [0.29, 0.717) is 6.42 Å². The van der Waals surface area contributed by atoms with Crippen LogP contribution in [0.1, 0.15) is 37.6 Å². The van der Waals surface area contributed by atoms with Crippen LogP contribution in [0.15, 0.2) is 18.2 Å². The van der Waals surface area contributed by atoms with Crippen LogP contribution in [0.5, 0.6) is 5.75 Å². The topological polar surface area (TPSA) is 98.5 Å². The molecule has 1 rings (SSSR count). The van der Waals surface area contributed by atoms with Crippen molar-refractivity contribution >= 4 is 17.4 Å². The Hall–Kier alpha value is -2.44. The normalized spacial score (nSPS) is 11.6. The van der Waals surface area contributed by atoms with Gasteiger partial charge in [0.25, 0.3) is 5.91 Å². The van der Waals surface area contributed by atoms with Crippen LogP contribution in [0.25, 0.3) is 0 Å². The zero-order valence-electron chi connectivity index (χ0n) is 12.2. The fourth-order valence-electron chi connectivity index (χ4n) is 1.80. The predicted octanol–water partition coefficient (Wildman–Crippen LogP) is 2.09. The van der Waals surface area contributed by atoms with Crippen LogP contribution in [0.2, 0.25) is 0 Å². The van der Waals surface area contributed by atoms with Crippen LogP contribution in [0.3, 0.4) is 0 Å². The van der Waals surface area contributed by atoms with Gasteiger partial charge in [-0.05, 0) is 19.9 Å². The van der Waals surface area contributed by atoms with Gasteiger partial charge in [0.1, 0.15) is 0 Å². The fourth-order valence-corrected chi connectivity index (χ4v) is 1.80. The largest absolute Gasteiger partial charge is 0.487 e. The fraction of sp³-hybridized carbons (Fsp3) is 0.429. The highest BCUT2D eigenvalue weighted by molar-refractivity contribution is 6.00. The Morgan fingerprint density at radius 2 is 2.05 bits per heavy atom. The maximum Gasteiger partial charge on any atom is 0.311 e. The summed E-state index contributed by atoms with van der Waals surface area (Å²) in [6, 6.07) is 3.44. The third-order valence-electron chi connectivity index (χ3n) is 2.90. The molecule has 0 saturated heterocycles. The van der Waals surface area contributed by atoms with E-state index in [2.05, 4.69) is 5.32 Å². The summed E-state index contributed by atoms with van der Waals surface area (Å²) in [6.07, 6.45) is 0.300. The highest BCUT2D eigenvalue weighted by atomic mass is 16.6. The van der Waals surface area contributed by atoms with Crippen LogP contribution < -0.4 is 10.1 Å². The number of nitro benzene ring substituents is 1. The molecule has 0 aliphatic rings. The summed E-state index contributed by atoms with van der Waals surface area (Å²) < 4.78 is 5.23. The van der Waals surface area contributed by atoms with E-state index in [1.54, 1.807) is 20.8 Å². The Labute approximate surface area is 122 Å². The molecule has 21 heavy (non-hydrogen) atoms. The van der Waals surface area contributed by atoms with Crippen molar-refractivity contribution in [1.82, 2.24) is 5.32 Å². The van der Waals surface area contributed by atoms with Gasteiger partial charge in [-0.25, -0.2) is 0 Å². The van der Waals surface area contributed by atoms with E-state index in [9.17, 15) is 19.7 Å². The lowest BCUT2D eigenvalue weighted by molar-refractivity contribution is -0.385. The predicted molar refractivity (Wildman–Crippen MR) is 76.5 cm³/mol. The van der Waals surface area contributed by atoms with Crippen LogP contribution >= 0.6 is 0 Å². The molecule has 0 spiro atoms. The molecule has 7 nitrogen and oxygen atoms in total. The van der Waals surface area contributed by atoms with Gasteiger partial charge in [0, 0.05) is 12.5 Å². The van der Waals surface area contributed by atoms with E-state index in [4.69, 9.17) is 4.74 Å². The maximum absolute atomic E-state index is 12.2. The highest BCUT2D eigenvalue weighted by Crippen LogP contribution is 2.30. The monoisotopic (exact) mass is 294 g/mol. The Balaban J connectivity index is 3.11. The first-order chi connectivity index (χ1) is 9.92. The third kappa shape index (κ3) is 4.01. The minimum absolute atomic E-state index is 0.0433. The smallest absolute Gasteiger partial charge is 0.311 e. The zero-order valence-corrected chi connectivity index (χ0v) is 12.2. The lowest BCUT2D eigenvalue weighted by Crippen LogP contribution is -2.38. The lowest BCUT2D eigenvalue weighted by Gasteiger charge is -2.14. The van der Waals surface area contributed by atoms with E-state index in [0.717, 1.165) is 0 Å². The Bertz CT molecular complexity index is 556. The number of carbonyl (C=O) groups is 2. The average molecular weight is 294 g/mol. The summed E-state index contributed by atoms with van der Waals surface area (Å²) in [6.45, 7) is 5.13. The number of nitro groups is 1. The molecule has 1 unspecified atom stereocenters. The molecule has 0 radical (unpaired) electrons. The molecule has 1 aromatic rings.